The molecule has 0 spiro atoms. The van der Waals surface area contributed by atoms with E-state index in [1.807, 2.05) is 0 Å². The van der Waals surface area contributed by atoms with Crippen molar-refractivity contribution in [2.75, 3.05) is 0 Å². The van der Waals surface area contributed by atoms with Crippen LogP contribution >= 0.6 is 0 Å². The van der Waals surface area contributed by atoms with E-state index in [1.54, 1.807) is 6.07 Å². The third-order valence-electron chi connectivity index (χ3n) is 1.16. The minimum Gasteiger partial charge on any atom is -0.250 e. The lowest BCUT2D eigenvalue weighted by molar-refractivity contribution is 1.49. The molecule has 0 amide bonds. The summed E-state index contributed by atoms with van der Waals surface area (Å²) in [4.78, 5) is 5.91. The Bertz CT molecular complexity index is 517. The van der Waals surface area contributed by atoms with E-state index in [9.17, 15) is 0 Å². The summed E-state index contributed by atoms with van der Waals surface area (Å²) in [5.74, 6) is 0. The van der Waals surface area contributed by atoms with Gasteiger partial charge in [-0.15, -0.1) is 0 Å². The largest absolute Gasteiger partial charge is 0.250 e. The summed E-state index contributed by atoms with van der Waals surface area (Å²) in [5, 5.41) is 8.70. The number of nitriles is 1. The first-order valence-electron chi connectivity index (χ1n) is 4.37. The Kier molecular flexibility index (Phi) is 1.21. The highest BCUT2D eigenvalue weighted by Gasteiger charge is 2.06. The van der Waals surface area contributed by atoms with Gasteiger partial charge in [0, 0.05) is 6.93 Å². The Hall–Kier alpha value is -2.31. The Morgan fingerprint density at radius 2 is 2.17 bits per heavy atom. The molecule has 0 bridgehead atoms. The van der Waals surface area contributed by atoms with E-state index in [0.717, 1.165) is 0 Å². The lowest BCUT2D eigenvalue weighted by Crippen LogP contribution is -1.72. The summed E-state index contributed by atoms with van der Waals surface area (Å²) < 4.78 is 22.1. The molecule has 0 radical (unpaired) electrons. The average molecular weight is 156 g/mol. The second kappa shape index (κ2) is 3.19. The average Bonchev–Trinajstić information content (AvgIpc) is 2.25. The molecule has 0 fully saturated rings. The predicted molar refractivity (Wildman–Crippen MR) is 43.7 cm³/mol. The highest BCUT2D eigenvalue weighted by molar-refractivity contribution is 5.76. The van der Waals surface area contributed by atoms with Crippen LogP contribution in [-0.4, -0.2) is 0 Å². The number of nitrogens with zero attached hydrogens (tertiary/aromatic N) is 3. The van der Waals surface area contributed by atoms with Crippen LogP contribution in [0.4, 0.5) is 11.4 Å². The summed E-state index contributed by atoms with van der Waals surface area (Å²) in [7, 11) is 0. The quantitative estimate of drug-likeness (QED) is 0.531. The van der Waals surface area contributed by atoms with Crippen molar-refractivity contribution in [1.82, 2.24) is 0 Å². The molecule has 0 unspecified atom stereocenters. The maximum absolute atomic E-state index is 8.70. The van der Waals surface area contributed by atoms with Gasteiger partial charge in [0.2, 0.25) is 5.69 Å². The third-order valence-corrected chi connectivity index (χ3v) is 1.16. The molecule has 0 N–H and O–H groups in total. The SMILES string of the molecule is [2H]c1c([2H])c(C#N)c([N+]#[C-])c([N+]#[C-])c1[2H]. The monoisotopic (exact) mass is 156 g/mol. The molecule has 1 aromatic rings. The van der Waals surface area contributed by atoms with Crippen molar-refractivity contribution in [1.29, 1.82) is 5.26 Å². The number of hydrogen-bond acceptors (Lipinski definition) is 1. The molecule has 0 aliphatic carbocycles. The molecule has 0 saturated carbocycles. The van der Waals surface area contributed by atoms with Crippen molar-refractivity contribution in [3.8, 4) is 6.07 Å². The third kappa shape index (κ3) is 1.10. The molecule has 0 aromatic heterocycles. The predicted octanol–water partition coefficient (Wildman–Crippen LogP) is 2.66. The van der Waals surface area contributed by atoms with Gasteiger partial charge in [-0.3, -0.25) is 4.85 Å². The molecule has 0 aliphatic rings. The first-order chi connectivity index (χ1) is 7.08. The number of rotatable bonds is 0. The van der Waals surface area contributed by atoms with E-state index >= 15 is 0 Å². The molecule has 0 aliphatic heterocycles. The summed E-state index contributed by atoms with van der Waals surface area (Å²) in [6.07, 6.45) is 0. The molecule has 12 heavy (non-hydrogen) atoms. The van der Waals surface area contributed by atoms with Crippen molar-refractivity contribution in [2.24, 2.45) is 0 Å². The van der Waals surface area contributed by atoms with Crippen LogP contribution in [0.1, 0.15) is 9.68 Å². The van der Waals surface area contributed by atoms with Gasteiger partial charge in [-0.05, 0) is 0 Å². The van der Waals surface area contributed by atoms with Crippen molar-refractivity contribution < 1.29 is 4.11 Å². The summed E-state index contributed by atoms with van der Waals surface area (Å²) in [5.41, 5.74) is -0.946. The van der Waals surface area contributed by atoms with Crippen molar-refractivity contribution in [3.05, 3.63) is 46.5 Å². The second-order valence-electron chi connectivity index (χ2n) is 1.78. The molecule has 1 aromatic carbocycles. The lowest BCUT2D eigenvalue weighted by Gasteiger charge is -1.94. The first-order valence-corrected chi connectivity index (χ1v) is 2.87. The van der Waals surface area contributed by atoms with E-state index in [-0.39, 0.29) is 16.9 Å². The van der Waals surface area contributed by atoms with Gasteiger partial charge in [-0.25, -0.2) is 4.85 Å². The normalized spacial score (nSPS) is 11.2. The fourth-order valence-corrected chi connectivity index (χ4v) is 0.660. The zero-order valence-electron chi connectivity index (χ0n) is 8.84. The molecule has 1 rings (SSSR count). The number of hydrogen-bond donors (Lipinski definition) is 0. The number of benzene rings is 1. The van der Waals surface area contributed by atoms with Crippen molar-refractivity contribution >= 4 is 11.4 Å². The van der Waals surface area contributed by atoms with E-state index < -0.39 is 18.1 Å². The summed E-state index contributed by atoms with van der Waals surface area (Å²) in [6.45, 7) is 13.6. The second-order valence-corrected chi connectivity index (χ2v) is 1.78. The highest BCUT2D eigenvalue weighted by atomic mass is 14.8. The standard InChI is InChI=1S/C9H3N3/c1-11-8-5-3-4-7(6-10)9(8)12-2/h3-5H/i3D,4D,5D. The molecule has 0 saturated heterocycles. The Morgan fingerprint density at radius 3 is 2.67 bits per heavy atom. The van der Waals surface area contributed by atoms with Crippen LogP contribution in [0.2, 0.25) is 0 Å². The minimum atomic E-state index is -0.495. The molecule has 54 valence electrons. The van der Waals surface area contributed by atoms with Crippen LogP contribution in [0.15, 0.2) is 18.1 Å². The van der Waals surface area contributed by atoms with Crippen LogP contribution in [0.25, 0.3) is 9.69 Å². The van der Waals surface area contributed by atoms with Gasteiger partial charge in [-0.2, -0.15) is 5.26 Å². The topological polar surface area (TPSA) is 32.5 Å². The zero-order valence-corrected chi connectivity index (χ0v) is 5.84. The molecular formula is C9H3N3. The molecule has 0 atom stereocenters. The molecular weight excluding hydrogens is 150 g/mol. The Labute approximate surface area is 74.3 Å². The van der Waals surface area contributed by atoms with E-state index in [0.29, 0.717) is 0 Å². The highest BCUT2D eigenvalue weighted by Crippen LogP contribution is 2.30. The van der Waals surface area contributed by atoms with E-state index in [4.69, 9.17) is 22.5 Å². The van der Waals surface area contributed by atoms with Gasteiger partial charge >= 0.3 is 0 Å². The van der Waals surface area contributed by atoms with Crippen molar-refractivity contribution in [3.63, 3.8) is 0 Å². The van der Waals surface area contributed by atoms with Gasteiger partial charge < -0.3 is 0 Å². The van der Waals surface area contributed by atoms with E-state index in [1.165, 1.54) is 0 Å². The van der Waals surface area contributed by atoms with Crippen LogP contribution in [0.3, 0.4) is 0 Å². The fraction of sp³-hybridized carbons (Fsp3) is 0. The number of para-hydroxylation sites is 1. The minimum absolute atomic E-state index is 0.307. The molecule has 0 heterocycles. The molecule has 3 nitrogen and oxygen atoms in total. The van der Waals surface area contributed by atoms with Crippen LogP contribution in [0, 0.1) is 24.5 Å². The van der Waals surface area contributed by atoms with Gasteiger partial charge in [-0.1, -0.05) is 18.1 Å². The Morgan fingerprint density at radius 1 is 1.42 bits per heavy atom. The summed E-state index contributed by atoms with van der Waals surface area (Å²) in [6, 6.07) is 0.171. The maximum Gasteiger partial charge on any atom is 0.211 e. The van der Waals surface area contributed by atoms with Gasteiger partial charge in [0.1, 0.15) is 0 Å². The van der Waals surface area contributed by atoms with Gasteiger partial charge in [0.25, 0.3) is 0 Å². The smallest absolute Gasteiger partial charge is 0.211 e. The lowest BCUT2D eigenvalue weighted by atomic mass is 10.2. The van der Waals surface area contributed by atoms with Gasteiger partial charge in [0.05, 0.1) is 22.0 Å². The van der Waals surface area contributed by atoms with Crippen LogP contribution in [-0.2, 0) is 0 Å². The zero-order chi connectivity index (χ0) is 11.6. The Balaban J connectivity index is 3.90. The molecule has 3 heteroatoms. The first kappa shape index (κ1) is 4.54. The fourth-order valence-electron chi connectivity index (χ4n) is 0.660. The van der Waals surface area contributed by atoms with Gasteiger partial charge in [0.15, 0.2) is 5.69 Å². The maximum atomic E-state index is 8.70. The summed E-state index contributed by atoms with van der Waals surface area (Å²) >= 11 is 0. The van der Waals surface area contributed by atoms with Crippen LogP contribution < -0.4 is 0 Å². The van der Waals surface area contributed by atoms with Crippen molar-refractivity contribution in [2.45, 2.75) is 0 Å². The van der Waals surface area contributed by atoms with Crippen LogP contribution in [0.5, 0.6) is 0 Å². The van der Waals surface area contributed by atoms with E-state index in [2.05, 4.69) is 9.69 Å².